The van der Waals surface area contributed by atoms with Crippen LogP contribution in [0.5, 0.6) is 5.75 Å². The lowest BCUT2D eigenvalue weighted by molar-refractivity contribution is 0.102. The molecule has 0 saturated carbocycles. The van der Waals surface area contributed by atoms with Gasteiger partial charge in [-0.2, -0.15) is 4.31 Å². The fourth-order valence-electron chi connectivity index (χ4n) is 3.33. The van der Waals surface area contributed by atoms with E-state index in [2.05, 4.69) is 16.4 Å². The summed E-state index contributed by atoms with van der Waals surface area (Å²) in [6.07, 6.45) is 0. The highest BCUT2D eigenvalue weighted by Gasteiger charge is 2.25. The number of thiazole rings is 1. The number of methoxy groups -OCH3 is 1. The molecule has 0 aliphatic heterocycles. The molecule has 1 N–H and O–H groups in total. The van der Waals surface area contributed by atoms with Crippen molar-refractivity contribution in [1.29, 1.82) is 0 Å². The molecule has 9 heteroatoms. The van der Waals surface area contributed by atoms with Crippen molar-refractivity contribution in [2.75, 3.05) is 25.5 Å². The Morgan fingerprint density at radius 2 is 1.87 bits per heavy atom. The summed E-state index contributed by atoms with van der Waals surface area (Å²) in [5.74, 6) is -0.184. The maximum absolute atomic E-state index is 13.0. The Bertz CT molecular complexity index is 1200. The number of aromatic nitrogens is 1. The van der Waals surface area contributed by atoms with E-state index in [-0.39, 0.29) is 10.5 Å². The molecule has 0 spiro atoms. The number of sulfonamides is 1. The molecule has 1 heterocycles. The van der Waals surface area contributed by atoms with Crippen LogP contribution in [-0.4, -0.2) is 43.8 Å². The maximum Gasteiger partial charge on any atom is 0.261 e. The molecule has 3 aromatic rings. The molecule has 1 amide bonds. The summed E-state index contributed by atoms with van der Waals surface area (Å²) >= 11 is 1.38. The van der Waals surface area contributed by atoms with Crippen LogP contribution in [0.1, 0.15) is 35.3 Å². The molecular weight excluding hydrogens is 422 g/mol. The smallest absolute Gasteiger partial charge is 0.261 e. The number of anilines is 1. The number of nitrogens with zero attached hydrogens (tertiary/aromatic N) is 2. The first-order chi connectivity index (χ1) is 14.2. The van der Waals surface area contributed by atoms with Crippen molar-refractivity contribution in [2.24, 2.45) is 0 Å². The van der Waals surface area contributed by atoms with Gasteiger partial charge in [0, 0.05) is 13.1 Å². The van der Waals surface area contributed by atoms with E-state index in [4.69, 9.17) is 4.74 Å². The summed E-state index contributed by atoms with van der Waals surface area (Å²) in [5.41, 5.74) is 3.14. The molecule has 3 rings (SSSR count). The molecule has 0 radical (unpaired) electrons. The summed E-state index contributed by atoms with van der Waals surface area (Å²) in [5, 5.41) is 3.23. The van der Waals surface area contributed by atoms with Gasteiger partial charge in [0.15, 0.2) is 5.13 Å². The van der Waals surface area contributed by atoms with Crippen LogP contribution >= 0.6 is 11.3 Å². The summed E-state index contributed by atoms with van der Waals surface area (Å²) < 4.78 is 33.3. The number of hydrogen-bond donors (Lipinski definition) is 1. The second kappa shape index (κ2) is 8.71. The summed E-state index contributed by atoms with van der Waals surface area (Å²) in [6.45, 7) is 8.23. The van der Waals surface area contributed by atoms with Gasteiger partial charge in [0.1, 0.15) is 5.75 Å². The van der Waals surface area contributed by atoms with Gasteiger partial charge in [0.2, 0.25) is 10.0 Å². The minimum absolute atomic E-state index is 0.0490. The van der Waals surface area contributed by atoms with E-state index in [9.17, 15) is 13.2 Å². The van der Waals surface area contributed by atoms with E-state index in [1.54, 1.807) is 13.8 Å². The minimum atomic E-state index is -3.70. The maximum atomic E-state index is 13.0. The molecule has 0 aliphatic rings. The predicted octanol–water partition coefficient (Wildman–Crippen LogP) is 4.20. The first kappa shape index (κ1) is 22.2. The van der Waals surface area contributed by atoms with Gasteiger partial charge in [-0.3, -0.25) is 10.1 Å². The van der Waals surface area contributed by atoms with Crippen molar-refractivity contribution in [3.63, 3.8) is 0 Å². The van der Waals surface area contributed by atoms with Crippen LogP contribution in [-0.2, 0) is 10.0 Å². The van der Waals surface area contributed by atoms with Crippen molar-refractivity contribution in [3.05, 3.63) is 47.0 Å². The molecule has 0 aliphatic carbocycles. The lowest BCUT2D eigenvalue weighted by Gasteiger charge is -2.19. The Balaban J connectivity index is 1.98. The summed E-state index contributed by atoms with van der Waals surface area (Å²) in [7, 11) is -2.26. The van der Waals surface area contributed by atoms with E-state index in [1.807, 2.05) is 19.9 Å². The third-order valence-corrected chi connectivity index (χ3v) is 7.97. The molecule has 2 aromatic carbocycles. The number of amides is 1. The minimum Gasteiger partial charge on any atom is -0.496 e. The zero-order valence-corrected chi connectivity index (χ0v) is 19.3. The highest BCUT2D eigenvalue weighted by molar-refractivity contribution is 7.89. The topological polar surface area (TPSA) is 88.6 Å². The first-order valence-electron chi connectivity index (χ1n) is 9.58. The third-order valence-electron chi connectivity index (χ3n) is 4.80. The van der Waals surface area contributed by atoms with Crippen LogP contribution in [0.3, 0.4) is 0 Å². The van der Waals surface area contributed by atoms with Gasteiger partial charge in [-0.05, 0) is 49.2 Å². The van der Waals surface area contributed by atoms with E-state index in [1.165, 1.54) is 41.0 Å². The molecule has 0 saturated heterocycles. The van der Waals surface area contributed by atoms with Crippen molar-refractivity contribution in [1.82, 2.24) is 9.29 Å². The SMILES string of the molecule is CCN(CC)S(=O)(=O)c1ccc(OC)c(C(=O)Nc2nc3cc(C)cc(C)c3s2)c1. The van der Waals surface area contributed by atoms with E-state index in [0.29, 0.717) is 24.0 Å². The molecule has 0 unspecified atom stereocenters. The second-order valence-electron chi connectivity index (χ2n) is 6.85. The van der Waals surface area contributed by atoms with Gasteiger partial charge in [0.25, 0.3) is 5.91 Å². The fourth-order valence-corrected chi connectivity index (χ4v) is 5.73. The highest BCUT2D eigenvalue weighted by atomic mass is 32.2. The van der Waals surface area contributed by atoms with E-state index in [0.717, 1.165) is 21.3 Å². The Morgan fingerprint density at radius 3 is 2.50 bits per heavy atom. The number of carbonyl (C=O) groups excluding carboxylic acids is 1. The zero-order valence-electron chi connectivity index (χ0n) is 17.6. The Morgan fingerprint density at radius 1 is 1.17 bits per heavy atom. The Kier molecular flexibility index (Phi) is 6.44. The van der Waals surface area contributed by atoms with E-state index < -0.39 is 15.9 Å². The zero-order chi connectivity index (χ0) is 22.1. The second-order valence-corrected chi connectivity index (χ2v) is 9.79. The van der Waals surface area contributed by atoms with Gasteiger partial charge in [-0.1, -0.05) is 31.3 Å². The number of fused-ring (bicyclic) bond motifs is 1. The highest BCUT2D eigenvalue weighted by Crippen LogP contribution is 2.31. The van der Waals surface area contributed by atoms with Gasteiger partial charge in [-0.15, -0.1) is 0 Å². The average molecular weight is 448 g/mol. The van der Waals surface area contributed by atoms with Crippen molar-refractivity contribution in [2.45, 2.75) is 32.6 Å². The summed E-state index contributed by atoms with van der Waals surface area (Å²) in [6, 6.07) is 8.33. The Hall–Kier alpha value is -2.49. The van der Waals surface area contributed by atoms with Gasteiger partial charge in [-0.25, -0.2) is 13.4 Å². The number of hydrogen-bond acceptors (Lipinski definition) is 6. The van der Waals surface area contributed by atoms with E-state index >= 15 is 0 Å². The average Bonchev–Trinajstić information content (AvgIpc) is 3.10. The van der Waals surface area contributed by atoms with Gasteiger partial charge >= 0.3 is 0 Å². The van der Waals surface area contributed by atoms with Gasteiger partial charge in [0.05, 0.1) is 27.8 Å². The lowest BCUT2D eigenvalue weighted by Crippen LogP contribution is -2.30. The fraction of sp³-hybridized carbons (Fsp3) is 0.333. The van der Waals surface area contributed by atoms with Crippen molar-refractivity contribution >= 4 is 42.6 Å². The number of carbonyl (C=O) groups is 1. The molecular formula is C21H25N3O4S2. The number of rotatable bonds is 7. The molecule has 160 valence electrons. The first-order valence-corrected chi connectivity index (χ1v) is 11.8. The predicted molar refractivity (Wildman–Crippen MR) is 120 cm³/mol. The number of nitrogens with one attached hydrogen (secondary N) is 1. The van der Waals surface area contributed by atoms with Crippen LogP contribution in [0.15, 0.2) is 35.2 Å². The largest absolute Gasteiger partial charge is 0.496 e. The van der Waals surface area contributed by atoms with Crippen molar-refractivity contribution < 1.29 is 17.9 Å². The van der Waals surface area contributed by atoms with Crippen LogP contribution in [0, 0.1) is 13.8 Å². The molecule has 0 fully saturated rings. The molecule has 7 nitrogen and oxygen atoms in total. The van der Waals surface area contributed by atoms with Crippen molar-refractivity contribution in [3.8, 4) is 5.75 Å². The van der Waals surface area contributed by atoms with Crippen LogP contribution < -0.4 is 10.1 Å². The molecule has 1 aromatic heterocycles. The van der Waals surface area contributed by atoms with Crippen LogP contribution in [0.2, 0.25) is 0 Å². The molecule has 30 heavy (non-hydrogen) atoms. The number of aryl methyl sites for hydroxylation is 2. The number of benzene rings is 2. The van der Waals surface area contributed by atoms with Crippen LogP contribution in [0.25, 0.3) is 10.2 Å². The van der Waals surface area contributed by atoms with Crippen LogP contribution in [0.4, 0.5) is 5.13 Å². The molecule has 0 bridgehead atoms. The van der Waals surface area contributed by atoms with Gasteiger partial charge < -0.3 is 4.74 Å². The quantitative estimate of drug-likeness (QED) is 0.586. The third kappa shape index (κ3) is 4.19. The standard InChI is InChI=1S/C21H25N3O4S2/c1-6-24(7-2)30(26,27)15-8-9-18(28-5)16(12-15)20(25)23-21-22-17-11-13(3)10-14(4)19(17)29-21/h8-12H,6-7H2,1-5H3,(H,22,23,25). The number of ether oxygens (including phenoxy) is 1. The lowest BCUT2D eigenvalue weighted by atomic mass is 10.1. The monoisotopic (exact) mass is 447 g/mol. The molecule has 0 atom stereocenters. The Labute approximate surface area is 180 Å². The summed E-state index contributed by atoms with van der Waals surface area (Å²) in [4.78, 5) is 17.5. The normalized spacial score (nSPS) is 11.8.